The third-order valence-electron chi connectivity index (χ3n) is 6.22. The topological polar surface area (TPSA) is 92.8 Å². The molecule has 1 N–H and O–H groups in total. The van der Waals surface area contributed by atoms with Crippen LogP contribution in [-0.2, 0) is 29.8 Å². The van der Waals surface area contributed by atoms with E-state index in [4.69, 9.17) is 4.74 Å². The van der Waals surface area contributed by atoms with Crippen molar-refractivity contribution in [1.82, 2.24) is 4.31 Å². The number of methoxy groups -OCH3 is 1. The number of para-hydroxylation sites is 1. The first-order valence-electron chi connectivity index (χ1n) is 10.4. The van der Waals surface area contributed by atoms with E-state index in [2.05, 4.69) is 5.32 Å². The van der Waals surface area contributed by atoms with Crippen LogP contribution < -0.4 is 5.32 Å². The minimum Gasteiger partial charge on any atom is -0.468 e. The number of sulfonamides is 1. The zero-order valence-corrected chi connectivity index (χ0v) is 19.3. The Morgan fingerprint density at radius 3 is 2.44 bits per heavy atom. The molecule has 7 nitrogen and oxygen atoms in total. The van der Waals surface area contributed by atoms with Crippen molar-refractivity contribution < 1.29 is 22.7 Å². The normalized spacial score (nSPS) is 24.8. The number of anilines is 1. The first-order valence-corrected chi connectivity index (χ1v) is 11.8. The fourth-order valence-corrected chi connectivity index (χ4v) is 6.52. The van der Waals surface area contributed by atoms with Crippen molar-refractivity contribution in [3.05, 3.63) is 71.3 Å². The van der Waals surface area contributed by atoms with Gasteiger partial charge in [-0.05, 0) is 51.0 Å². The molecule has 1 amide bonds. The van der Waals surface area contributed by atoms with Gasteiger partial charge in [-0.25, -0.2) is 8.42 Å². The highest BCUT2D eigenvalue weighted by atomic mass is 32.2. The summed E-state index contributed by atoms with van der Waals surface area (Å²) < 4.78 is 33.9. The zero-order valence-electron chi connectivity index (χ0n) is 18.5. The fraction of sp³-hybridized carbons (Fsp3) is 0.333. The maximum absolute atomic E-state index is 13.9. The number of carbonyl (C=O) groups is 2. The number of hydrogen-bond donors (Lipinski definition) is 1. The van der Waals surface area contributed by atoms with Gasteiger partial charge in [0, 0.05) is 5.69 Å². The number of hydrogen-bond acceptors (Lipinski definition) is 5. The van der Waals surface area contributed by atoms with Crippen LogP contribution in [0.15, 0.2) is 65.1 Å². The smallest absolute Gasteiger partial charge is 0.324 e. The van der Waals surface area contributed by atoms with Crippen LogP contribution >= 0.6 is 0 Å². The molecule has 0 radical (unpaired) electrons. The van der Waals surface area contributed by atoms with Crippen LogP contribution in [0.4, 0.5) is 5.69 Å². The number of carbonyl (C=O) groups excluding carboxylic acids is 2. The summed E-state index contributed by atoms with van der Waals surface area (Å²) in [6.07, 6.45) is 1.75. The van der Waals surface area contributed by atoms with Gasteiger partial charge < -0.3 is 10.1 Å². The number of allylic oxidation sites excluding steroid dienone is 1. The van der Waals surface area contributed by atoms with Crippen molar-refractivity contribution in [2.45, 2.75) is 49.6 Å². The Morgan fingerprint density at radius 2 is 1.81 bits per heavy atom. The highest BCUT2D eigenvalue weighted by Gasteiger charge is 2.64. The van der Waals surface area contributed by atoms with Gasteiger partial charge in [0.05, 0.1) is 23.5 Å². The third-order valence-corrected chi connectivity index (χ3v) is 8.13. The molecule has 1 fully saturated rings. The van der Waals surface area contributed by atoms with E-state index in [-0.39, 0.29) is 17.2 Å². The Balaban J connectivity index is 1.98. The molecule has 0 saturated carbocycles. The molecule has 2 aromatic carbocycles. The van der Waals surface area contributed by atoms with E-state index in [1.165, 1.54) is 19.2 Å². The molecule has 8 heteroatoms. The van der Waals surface area contributed by atoms with Crippen LogP contribution in [0.2, 0.25) is 0 Å². The van der Waals surface area contributed by atoms with E-state index in [1.54, 1.807) is 24.3 Å². The van der Waals surface area contributed by atoms with Gasteiger partial charge in [0.15, 0.2) is 0 Å². The molecule has 0 aliphatic carbocycles. The lowest BCUT2D eigenvalue weighted by Crippen LogP contribution is -2.49. The average Bonchev–Trinajstić information content (AvgIpc) is 3.24. The van der Waals surface area contributed by atoms with Gasteiger partial charge in [-0.3, -0.25) is 9.59 Å². The molecule has 2 aromatic rings. The minimum absolute atomic E-state index is 0.0118. The summed E-state index contributed by atoms with van der Waals surface area (Å²) in [6, 6.07) is 11.6. The summed E-state index contributed by atoms with van der Waals surface area (Å²) in [4.78, 5) is 26.4. The summed E-state index contributed by atoms with van der Waals surface area (Å²) in [7, 11) is -2.91. The van der Waals surface area contributed by atoms with Crippen LogP contribution in [0.1, 0.15) is 31.4 Å². The highest BCUT2D eigenvalue weighted by Crippen LogP contribution is 2.52. The van der Waals surface area contributed by atoms with Crippen molar-refractivity contribution in [1.29, 1.82) is 0 Å². The third kappa shape index (κ3) is 3.25. The van der Waals surface area contributed by atoms with Gasteiger partial charge >= 0.3 is 5.97 Å². The van der Waals surface area contributed by atoms with Gasteiger partial charge in [-0.2, -0.15) is 4.31 Å². The van der Waals surface area contributed by atoms with Crippen LogP contribution in [0, 0.1) is 6.92 Å². The van der Waals surface area contributed by atoms with E-state index in [0.29, 0.717) is 11.3 Å². The molecule has 0 bridgehead atoms. The maximum atomic E-state index is 13.9. The predicted molar refractivity (Wildman–Crippen MR) is 121 cm³/mol. The van der Waals surface area contributed by atoms with Crippen LogP contribution in [0.3, 0.4) is 0 Å². The summed E-state index contributed by atoms with van der Waals surface area (Å²) in [5, 5.41) is 2.89. The van der Waals surface area contributed by atoms with Crippen molar-refractivity contribution in [2.75, 3.05) is 12.4 Å². The number of ether oxygens (including phenoxy) is 1. The predicted octanol–water partition coefficient (Wildman–Crippen LogP) is 3.16. The van der Waals surface area contributed by atoms with Crippen molar-refractivity contribution in [2.24, 2.45) is 0 Å². The molecule has 2 aliphatic heterocycles. The van der Waals surface area contributed by atoms with Crippen molar-refractivity contribution >= 4 is 27.6 Å². The van der Waals surface area contributed by atoms with E-state index >= 15 is 0 Å². The fourth-order valence-electron chi connectivity index (χ4n) is 4.76. The Labute approximate surface area is 188 Å². The molecule has 32 heavy (non-hydrogen) atoms. The number of esters is 1. The molecule has 0 unspecified atom stereocenters. The molecule has 3 atom stereocenters. The van der Waals surface area contributed by atoms with Gasteiger partial charge in [0.25, 0.3) is 0 Å². The summed E-state index contributed by atoms with van der Waals surface area (Å²) in [5.74, 6) is -1.02. The zero-order chi connectivity index (χ0) is 23.3. The van der Waals surface area contributed by atoms with Crippen LogP contribution in [0.5, 0.6) is 0 Å². The Bertz CT molecular complexity index is 1220. The second-order valence-corrected chi connectivity index (χ2v) is 10.4. The molecule has 0 aromatic heterocycles. The van der Waals surface area contributed by atoms with Gasteiger partial charge in [-0.1, -0.05) is 47.5 Å². The van der Waals surface area contributed by atoms with Gasteiger partial charge in [0.1, 0.15) is 6.04 Å². The number of amides is 1. The summed E-state index contributed by atoms with van der Waals surface area (Å²) in [6.45, 7) is 5.55. The Morgan fingerprint density at radius 1 is 1.16 bits per heavy atom. The first kappa shape index (κ1) is 22.2. The number of rotatable bonds is 4. The number of fused-ring (bicyclic) bond motifs is 2. The molecule has 4 rings (SSSR count). The summed E-state index contributed by atoms with van der Waals surface area (Å²) in [5.41, 5.74) is 1.81. The van der Waals surface area contributed by atoms with E-state index < -0.39 is 33.5 Å². The van der Waals surface area contributed by atoms with E-state index in [0.717, 1.165) is 15.4 Å². The molecule has 168 valence electrons. The van der Waals surface area contributed by atoms with Gasteiger partial charge in [0.2, 0.25) is 15.9 Å². The number of benzene rings is 2. The number of nitrogens with one attached hydrogen (secondary N) is 1. The largest absolute Gasteiger partial charge is 0.468 e. The lowest BCUT2D eigenvalue weighted by atomic mass is 9.74. The molecular weight excluding hydrogens is 428 g/mol. The molecule has 1 spiro atoms. The maximum Gasteiger partial charge on any atom is 0.324 e. The molecule has 1 saturated heterocycles. The second kappa shape index (κ2) is 7.86. The van der Waals surface area contributed by atoms with Crippen molar-refractivity contribution in [3.63, 3.8) is 0 Å². The first-order chi connectivity index (χ1) is 15.1. The lowest BCUT2D eigenvalue weighted by Gasteiger charge is -2.32. The van der Waals surface area contributed by atoms with Gasteiger partial charge in [-0.15, -0.1) is 0 Å². The van der Waals surface area contributed by atoms with E-state index in [9.17, 15) is 18.0 Å². The Kier molecular flexibility index (Phi) is 5.46. The highest BCUT2D eigenvalue weighted by molar-refractivity contribution is 7.89. The molecular formula is C24H26N2O5S. The van der Waals surface area contributed by atoms with E-state index in [1.807, 2.05) is 39.0 Å². The average molecular weight is 455 g/mol. The summed E-state index contributed by atoms with van der Waals surface area (Å²) >= 11 is 0. The lowest BCUT2D eigenvalue weighted by molar-refractivity contribution is -0.144. The standard InChI is InChI=1S/C24H26N2O5S/c1-15(2)13-21-24(18-7-5-6-8-19(18)25-23(24)28)14-20(22(27)31-4)26(21)32(29,30)17-11-9-16(3)10-12-17/h5-13,20-21H,14H2,1-4H3,(H,25,28)/t20-,21-,24+/m0/s1. The number of aryl methyl sites for hydroxylation is 1. The monoisotopic (exact) mass is 454 g/mol. The quantitative estimate of drug-likeness (QED) is 0.566. The van der Waals surface area contributed by atoms with Crippen molar-refractivity contribution in [3.8, 4) is 0 Å². The Hall–Kier alpha value is -2.97. The minimum atomic E-state index is -4.14. The number of nitrogens with zero attached hydrogens (tertiary/aromatic N) is 1. The molecule has 2 aliphatic rings. The van der Waals surface area contributed by atoms with Crippen LogP contribution in [-0.4, -0.2) is 43.8 Å². The SMILES string of the molecule is COC(=O)[C@@H]1C[C@]2(C(=O)Nc3ccccc32)[C@H](C=C(C)C)N1S(=O)(=O)c1ccc(C)cc1. The second-order valence-electron chi connectivity index (χ2n) is 8.55. The molecule has 2 heterocycles. The van der Waals surface area contributed by atoms with Crippen LogP contribution in [0.25, 0.3) is 0 Å².